The second-order valence-electron chi connectivity index (χ2n) is 9.25. The second-order valence-corrected chi connectivity index (χ2v) is 10.9. The minimum absolute atomic E-state index is 0.00813. The lowest BCUT2D eigenvalue weighted by Crippen LogP contribution is -2.52. The van der Waals surface area contributed by atoms with E-state index in [-0.39, 0.29) is 10.8 Å². The van der Waals surface area contributed by atoms with Gasteiger partial charge in [-0.25, -0.2) is 17.9 Å². The molecule has 0 aliphatic carbocycles. The SMILES string of the molecule is CCN(C(=O)[C@H](CCc1ccccc1)NC(=O)NS(=O)(=O)c1ccccc1C)c1ccc2c(c1)CCCO2. The molecule has 1 aliphatic rings. The molecule has 3 amide bonds. The van der Waals surface area contributed by atoms with Crippen LogP contribution in [0.4, 0.5) is 10.5 Å². The quantitative estimate of drug-likeness (QED) is 0.424. The lowest BCUT2D eigenvalue weighted by Gasteiger charge is -2.28. The lowest BCUT2D eigenvalue weighted by atomic mass is 10.0. The van der Waals surface area contributed by atoms with Crippen molar-refractivity contribution in [2.24, 2.45) is 0 Å². The van der Waals surface area contributed by atoms with Crippen molar-refractivity contribution in [3.63, 3.8) is 0 Å². The van der Waals surface area contributed by atoms with Crippen molar-refractivity contribution < 1.29 is 22.7 Å². The van der Waals surface area contributed by atoms with Crippen LogP contribution in [0.3, 0.4) is 0 Å². The summed E-state index contributed by atoms with van der Waals surface area (Å²) in [6, 6.07) is 19.8. The molecule has 0 radical (unpaired) electrons. The van der Waals surface area contributed by atoms with Crippen LogP contribution in [0.2, 0.25) is 0 Å². The maximum Gasteiger partial charge on any atom is 0.329 e. The summed E-state index contributed by atoms with van der Waals surface area (Å²) in [5, 5.41) is 2.63. The number of anilines is 1. The van der Waals surface area contributed by atoms with Crippen molar-refractivity contribution in [1.82, 2.24) is 10.0 Å². The van der Waals surface area contributed by atoms with Crippen LogP contribution >= 0.6 is 0 Å². The molecule has 38 heavy (non-hydrogen) atoms. The zero-order chi connectivity index (χ0) is 27.1. The fourth-order valence-corrected chi connectivity index (χ4v) is 5.77. The van der Waals surface area contributed by atoms with Gasteiger partial charge in [0.15, 0.2) is 0 Å². The molecule has 0 bridgehead atoms. The number of urea groups is 1. The molecule has 1 aliphatic heterocycles. The van der Waals surface area contributed by atoms with E-state index in [4.69, 9.17) is 4.74 Å². The number of benzene rings is 3. The number of ether oxygens (including phenoxy) is 1. The molecule has 0 spiro atoms. The number of rotatable bonds is 9. The number of carbonyl (C=O) groups is 2. The van der Waals surface area contributed by atoms with Crippen LogP contribution < -0.4 is 19.7 Å². The summed E-state index contributed by atoms with van der Waals surface area (Å²) >= 11 is 0. The summed E-state index contributed by atoms with van der Waals surface area (Å²) in [5.74, 6) is 0.506. The van der Waals surface area contributed by atoms with Gasteiger partial charge >= 0.3 is 6.03 Å². The molecule has 1 heterocycles. The van der Waals surface area contributed by atoms with Crippen LogP contribution in [0, 0.1) is 6.92 Å². The normalized spacial score (nSPS) is 13.5. The Labute approximate surface area is 224 Å². The number of amides is 3. The molecule has 1 atom stereocenters. The largest absolute Gasteiger partial charge is 0.493 e. The molecule has 9 heteroatoms. The highest BCUT2D eigenvalue weighted by Gasteiger charge is 2.29. The highest BCUT2D eigenvalue weighted by atomic mass is 32.2. The van der Waals surface area contributed by atoms with Gasteiger partial charge in [-0.2, -0.15) is 0 Å². The topological polar surface area (TPSA) is 105 Å². The van der Waals surface area contributed by atoms with Gasteiger partial charge < -0.3 is 15.0 Å². The van der Waals surface area contributed by atoms with Crippen LogP contribution in [-0.2, 0) is 27.7 Å². The minimum atomic E-state index is -4.12. The van der Waals surface area contributed by atoms with Crippen molar-refractivity contribution in [3.8, 4) is 5.75 Å². The first-order chi connectivity index (χ1) is 18.3. The van der Waals surface area contributed by atoms with Gasteiger partial charge in [-0.3, -0.25) is 4.79 Å². The van der Waals surface area contributed by atoms with Gasteiger partial charge in [-0.05, 0) is 80.5 Å². The van der Waals surface area contributed by atoms with Gasteiger partial charge in [0.25, 0.3) is 10.0 Å². The predicted octanol–water partition coefficient (Wildman–Crippen LogP) is 4.36. The number of sulfonamides is 1. The Morgan fingerprint density at radius 1 is 1.03 bits per heavy atom. The molecule has 3 aromatic carbocycles. The van der Waals surface area contributed by atoms with E-state index >= 15 is 0 Å². The number of nitrogens with zero attached hydrogens (tertiary/aromatic N) is 1. The Kier molecular flexibility index (Phi) is 8.68. The Morgan fingerprint density at radius 3 is 2.50 bits per heavy atom. The molecular formula is C29H33N3O5S. The lowest BCUT2D eigenvalue weighted by molar-refractivity contribution is -0.120. The third kappa shape index (κ3) is 6.52. The fraction of sp³-hybridized carbons (Fsp3) is 0.310. The summed E-state index contributed by atoms with van der Waals surface area (Å²) in [4.78, 5) is 28.3. The zero-order valence-electron chi connectivity index (χ0n) is 21.6. The summed E-state index contributed by atoms with van der Waals surface area (Å²) in [6.45, 7) is 4.58. The Morgan fingerprint density at radius 2 is 1.76 bits per heavy atom. The summed E-state index contributed by atoms with van der Waals surface area (Å²) in [5.41, 5.74) is 3.27. The fourth-order valence-electron chi connectivity index (χ4n) is 4.60. The monoisotopic (exact) mass is 535 g/mol. The highest BCUT2D eigenvalue weighted by molar-refractivity contribution is 7.90. The van der Waals surface area contributed by atoms with Crippen LogP contribution in [-0.4, -0.2) is 39.5 Å². The van der Waals surface area contributed by atoms with E-state index < -0.39 is 22.1 Å². The molecule has 0 aromatic heterocycles. The number of hydrogen-bond acceptors (Lipinski definition) is 5. The maximum atomic E-state index is 13.8. The molecule has 0 saturated carbocycles. The molecular weight excluding hydrogens is 502 g/mol. The Bertz CT molecular complexity index is 1390. The van der Waals surface area contributed by atoms with Gasteiger partial charge in [-0.15, -0.1) is 0 Å². The van der Waals surface area contributed by atoms with E-state index in [2.05, 4.69) is 10.0 Å². The number of aryl methyl sites for hydroxylation is 3. The van der Waals surface area contributed by atoms with Crippen LogP contribution in [0.15, 0.2) is 77.7 Å². The Hall–Kier alpha value is -3.85. The number of likely N-dealkylation sites (N-methyl/N-ethyl adjacent to an activating group) is 1. The standard InChI is InChI=1S/C29H33N3O5S/c1-3-32(24-16-18-26-23(20-24)13-9-19-37-26)28(33)25(17-15-22-11-5-4-6-12-22)30-29(34)31-38(35,36)27-14-8-7-10-21(27)2/h4-8,10-12,14,16,18,20,25H,3,9,13,15,17,19H2,1-2H3,(H2,30,31,34)/t25-/m0/s1. The molecule has 0 fully saturated rings. The van der Waals surface area contributed by atoms with E-state index in [1.165, 1.54) is 6.07 Å². The molecule has 4 rings (SSSR count). The van der Waals surface area contributed by atoms with E-state index in [0.717, 1.165) is 29.7 Å². The van der Waals surface area contributed by atoms with Gasteiger partial charge in [-0.1, -0.05) is 48.5 Å². The smallest absolute Gasteiger partial charge is 0.329 e. The maximum absolute atomic E-state index is 13.8. The third-order valence-corrected chi connectivity index (χ3v) is 8.06. The van der Waals surface area contributed by atoms with E-state index in [0.29, 0.717) is 37.2 Å². The molecule has 200 valence electrons. The number of carbonyl (C=O) groups excluding carboxylic acids is 2. The Balaban J connectivity index is 1.55. The van der Waals surface area contributed by atoms with Gasteiger partial charge in [0, 0.05) is 12.2 Å². The number of hydrogen-bond donors (Lipinski definition) is 2. The summed E-state index contributed by atoms with van der Waals surface area (Å²) in [7, 11) is -4.12. The van der Waals surface area contributed by atoms with Gasteiger partial charge in [0.2, 0.25) is 5.91 Å². The van der Waals surface area contributed by atoms with Crippen LogP contribution in [0.1, 0.15) is 36.5 Å². The van der Waals surface area contributed by atoms with Crippen LogP contribution in [0.25, 0.3) is 0 Å². The summed E-state index contributed by atoms with van der Waals surface area (Å²) in [6.07, 6.45) is 2.60. The average molecular weight is 536 g/mol. The first-order valence-electron chi connectivity index (χ1n) is 12.8. The van der Waals surface area contributed by atoms with E-state index in [1.54, 1.807) is 30.0 Å². The van der Waals surface area contributed by atoms with Crippen molar-refractivity contribution >= 4 is 27.6 Å². The highest BCUT2D eigenvalue weighted by Crippen LogP contribution is 2.29. The first kappa shape index (κ1) is 27.2. The second kappa shape index (κ2) is 12.1. The number of fused-ring (bicyclic) bond motifs is 1. The third-order valence-electron chi connectivity index (χ3n) is 6.56. The predicted molar refractivity (Wildman–Crippen MR) is 147 cm³/mol. The molecule has 3 aromatic rings. The molecule has 2 N–H and O–H groups in total. The van der Waals surface area contributed by atoms with Crippen molar-refractivity contribution in [2.45, 2.75) is 50.5 Å². The summed E-state index contributed by atoms with van der Waals surface area (Å²) < 4.78 is 33.5. The van der Waals surface area contributed by atoms with Crippen molar-refractivity contribution in [3.05, 3.63) is 89.5 Å². The van der Waals surface area contributed by atoms with Crippen molar-refractivity contribution in [2.75, 3.05) is 18.1 Å². The van der Waals surface area contributed by atoms with Crippen molar-refractivity contribution in [1.29, 1.82) is 0 Å². The molecule has 8 nitrogen and oxygen atoms in total. The molecule has 0 unspecified atom stereocenters. The number of nitrogens with one attached hydrogen (secondary N) is 2. The minimum Gasteiger partial charge on any atom is -0.493 e. The zero-order valence-corrected chi connectivity index (χ0v) is 22.5. The van der Waals surface area contributed by atoms with Gasteiger partial charge in [0.1, 0.15) is 11.8 Å². The van der Waals surface area contributed by atoms with Crippen LogP contribution in [0.5, 0.6) is 5.75 Å². The van der Waals surface area contributed by atoms with Gasteiger partial charge in [0.05, 0.1) is 11.5 Å². The average Bonchev–Trinajstić information content (AvgIpc) is 2.91. The molecule has 0 saturated heterocycles. The first-order valence-corrected chi connectivity index (χ1v) is 14.3. The van der Waals surface area contributed by atoms with E-state index in [9.17, 15) is 18.0 Å². The van der Waals surface area contributed by atoms with E-state index in [1.807, 2.05) is 55.5 Å².